The van der Waals surface area contributed by atoms with Gasteiger partial charge in [0.25, 0.3) is 0 Å². The lowest BCUT2D eigenvalue weighted by molar-refractivity contribution is 0.0955. The first kappa shape index (κ1) is 17.2. The van der Waals surface area contributed by atoms with Gasteiger partial charge in [0.05, 0.1) is 5.69 Å². The van der Waals surface area contributed by atoms with Crippen LogP contribution in [0, 0.1) is 13.8 Å². The number of allylic oxidation sites excluding steroid dienone is 2. The second kappa shape index (κ2) is 7.42. The van der Waals surface area contributed by atoms with Gasteiger partial charge in [-0.2, -0.15) is 5.10 Å². The maximum atomic E-state index is 6.04. The fourth-order valence-electron chi connectivity index (χ4n) is 3.32. The molecule has 3 atom stereocenters. The Morgan fingerprint density at radius 3 is 2.77 bits per heavy atom. The van der Waals surface area contributed by atoms with Gasteiger partial charge in [0, 0.05) is 37.0 Å². The van der Waals surface area contributed by atoms with Crippen LogP contribution >= 0.6 is 0 Å². The molecule has 1 saturated heterocycles. The molecule has 1 N–H and O–H groups in total. The molecule has 0 bridgehead atoms. The lowest BCUT2D eigenvalue weighted by Crippen LogP contribution is -2.38. The molecule has 1 aromatic rings. The topological polar surface area (TPSA) is 39.1 Å². The van der Waals surface area contributed by atoms with Crippen LogP contribution in [0.4, 0.5) is 0 Å². The second-order valence-electron chi connectivity index (χ2n) is 6.82. The quantitative estimate of drug-likeness (QED) is 0.816. The molecule has 4 nitrogen and oxygen atoms in total. The largest absolute Gasteiger partial charge is 0.372 e. The third-order valence-corrected chi connectivity index (χ3v) is 4.59. The fraction of sp³-hybridized carbons (Fsp3) is 0.722. The van der Waals surface area contributed by atoms with E-state index in [1.54, 1.807) is 0 Å². The van der Waals surface area contributed by atoms with E-state index in [1.165, 1.54) is 23.3 Å². The fourth-order valence-corrected chi connectivity index (χ4v) is 3.32. The molecule has 2 rings (SSSR count). The molecule has 0 aliphatic carbocycles. The van der Waals surface area contributed by atoms with E-state index in [4.69, 9.17) is 4.74 Å². The highest BCUT2D eigenvalue weighted by molar-refractivity contribution is 5.29. The minimum absolute atomic E-state index is 0.139. The number of nitrogens with one attached hydrogen (secondary N) is 1. The zero-order valence-corrected chi connectivity index (χ0v) is 14.9. The van der Waals surface area contributed by atoms with E-state index in [2.05, 4.69) is 51.1 Å². The van der Waals surface area contributed by atoms with Crippen molar-refractivity contribution in [3.8, 4) is 0 Å². The van der Waals surface area contributed by atoms with Crippen LogP contribution in [-0.2, 0) is 11.8 Å². The van der Waals surface area contributed by atoms with Gasteiger partial charge in [0.2, 0.25) is 0 Å². The van der Waals surface area contributed by atoms with Crippen LogP contribution in [0.5, 0.6) is 0 Å². The predicted octanol–water partition coefficient (Wildman–Crippen LogP) is 3.59. The molecular formula is C18H31N3O. The number of rotatable bonds is 6. The highest BCUT2D eigenvalue weighted by atomic mass is 16.5. The monoisotopic (exact) mass is 305 g/mol. The maximum Gasteiger partial charge on any atom is 0.101 e. The lowest BCUT2D eigenvalue weighted by Gasteiger charge is -2.24. The van der Waals surface area contributed by atoms with Crippen LogP contribution < -0.4 is 5.32 Å². The molecule has 4 heteroatoms. The molecule has 0 spiro atoms. The van der Waals surface area contributed by atoms with Gasteiger partial charge in [-0.3, -0.25) is 4.68 Å². The zero-order valence-electron chi connectivity index (χ0n) is 14.9. The molecule has 0 amide bonds. The number of ether oxygens (including phenoxy) is 1. The summed E-state index contributed by atoms with van der Waals surface area (Å²) in [4.78, 5) is 0. The number of hydrogen-bond donors (Lipinski definition) is 1. The summed E-state index contributed by atoms with van der Waals surface area (Å²) >= 11 is 0. The summed E-state index contributed by atoms with van der Waals surface area (Å²) in [5, 5.41) is 8.31. The van der Waals surface area contributed by atoms with Crippen LogP contribution in [0.2, 0.25) is 0 Å². The first-order valence-electron chi connectivity index (χ1n) is 8.41. The van der Waals surface area contributed by atoms with Gasteiger partial charge in [0.1, 0.15) is 6.10 Å². The second-order valence-corrected chi connectivity index (χ2v) is 6.82. The third kappa shape index (κ3) is 3.99. The first-order valence-corrected chi connectivity index (χ1v) is 8.41. The Morgan fingerprint density at radius 2 is 2.18 bits per heavy atom. The smallest absolute Gasteiger partial charge is 0.101 e. The van der Waals surface area contributed by atoms with Crippen molar-refractivity contribution in [2.45, 2.75) is 72.1 Å². The molecular weight excluding hydrogens is 274 g/mol. The highest BCUT2D eigenvalue weighted by Crippen LogP contribution is 2.33. The Morgan fingerprint density at radius 1 is 1.45 bits per heavy atom. The average molecular weight is 305 g/mol. The lowest BCUT2D eigenvalue weighted by atomic mass is 9.99. The Labute approximate surface area is 134 Å². The maximum absolute atomic E-state index is 6.04. The van der Waals surface area contributed by atoms with Gasteiger partial charge in [0.15, 0.2) is 0 Å². The molecule has 2 heterocycles. The summed E-state index contributed by atoms with van der Waals surface area (Å²) in [6, 6.07) is 0.894. The van der Waals surface area contributed by atoms with Gasteiger partial charge < -0.3 is 10.1 Å². The van der Waals surface area contributed by atoms with Crippen LogP contribution in [0.3, 0.4) is 0 Å². The van der Waals surface area contributed by atoms with Gasteiger partial charge in [-0.05, 0) is 53.9 Å². The SMILES string of the molecule is CC(C)=CCCC(C)N[C@H]1CCO[C@@H]1c1c(C)nn(C)c1C. The molecule has 0 saturated carbocycles. The first-order chi connectivity index (χ1) is 10.4. The average Bonchev–Trinajstić information content (AvgIpc) is 2.95. The van der Waals surface area contributed by atoms with Crippen molar-refractivity contribution >= 4 is 0 Å². The van der Waals surface area contributed by atoms with E-state index in [1.807, 2.05) is 11.7 Å². The Hall–Kier alpha value is -1.13. The Bertz CT molecular complexity index is 529. The van der Waals surface area contributed by atoms with E-state index in [0.717, 1.165) is 25.1 Å². The molecule has 1 aromatic heterocycles. The summed E-state index contributed by atoms with van der Waals surface area (Å²) in [7, 11) is 2.01. The predicted molar refractivity (Wildman–Crippen MR) is 91.0 cm³/mol. The molecule has 22 heavy (non-hydrogen) atoms. The highest BCUT2D eigenvalue weighted by Gasteiger charge is 2.33. The molecule has 1 aliphatic rings. The number of nitrogens with zero attached hydrogens (tertiary/aromatic N) is 2. The van der Waals surface area contributed by atoms with Crippen molar-refractivity contribution < 1.29 is 4.74 Å². The summed E-state index contributed by atoms with van der Waals surface area (Å²) < 4.78 is 8.00. The van der Waals surface area contributed by atoms with Crippen molar-refractivity contribution in [3.05, 3.63) is 28.6 Å². The molecule has 0 aromatic carbocycles. The van der Waals surface area contributed by atoms with E-state index in [9.17, 15) is 0 Å². The van der Waals surface area contributed by atoms with Gasteiger partial charge in [-0.1, -0.05) is 11.6 Å². The van der Waals surface area contributed by atoms with E-state index in [-0.39, 0.29) is 6.10 Å². The van der Waals surface area contributed by atoms with Crippen molar-refractivity contribution in [1.29, 1.82) is 0 Å². The van der Waals surface area contributed by atoms with E-state index >= 15 is 0 Å². The van der Waals surface area contributed by atoms with Crippen molar-refractivity contribution in [3.63, 3.8) is 0 Å². The number of aromatic nitrogens is 2. The standard InChI is InChI=1S/C18H31N3O/c1-12(2)8-7-9-13(3)19-16-10-11-22-18(16)17-14(4)20-21(6)15(17)5/h8,13,16,18-19H,7,9-11H2,1-6H3/t13?,16-,18-/m0/s1. The molecule has 1 aliphatic heterocycles. The van der Waals surface area contributed by atoms with E-state index < -0.39 is 0 Å². The minimum Gasteiger partial charge on any atom is -0.372 e. The Balaban J connectivity index is 2.00. The Kier molecular flexibility index (Phi) is 5.81. The molecule has 1 unspecified atom stereocenters. The number of aryl methyl sites for hydroxylation is 2. The van der Waals surface area contributed by atoms with E-state index in [0.29, 0.717) is 12.1 Å². The van der Waals surface area contributed by atoms with Crippen LogP contribution in [0.15, 0.2) is 11.6 Å². The normalized spacial score (nSPS) is 22.8. The van der Waals surface area contributed by atoms with Gasteiger partial charge >= 0.3 is 0 Å². The van der Waals surface area contributed by atoms with Crippen molar-refractivity contribution in [2.75, 3.05) is 6.61 Å². The van der Waals surface area contributed by atoms with Crippen LogP contribution in [0.25, 0.3) is 0 Å². The van der Waals surface area contributed by atoms with Gasteiger partial charge in [-0.25, -0.2) is 0 Å². The number of hydrogen-bond acceptors (Lipinski definition) is 3. The zero-order chi connectivity index (χ0) is 16.3. The third-order valence-electron chi connectivity index (χ3n) is 4.59. The van der Waals surface area contributed by atoms with Crippen LogP contribution in [-0.4, -0.2) is 28.5 Å². The molecule has 0 radical (unpaired) electrons. The van der Waals surface area contributed by atoms with Gasteiger partial charge in [-0.15, -0.1) is 0 Å². The van der Waals surface area contributed by atoms with Crippen LogP contribution in [0.1, 0.15) is 63.1 Å². The summed E-state index contributed by atoms with van der Waals surface area (Å²) in [6.07, 6.45) is 5.83. The minimum atomic E-state index is 0.139. The molecule has 1 fully saturated rings. The van der Waals surface area contributed by atoms with Crippen molar-refractivity contribution in [1.82, 2.24) is 15.1 Å². The summed E-state index contributed by atoms with van der Waals surface area (Å²) in [5.41, 5.74) is 4.98. The molecule has 124 valence electrons. The summed E-state index contributed by atoms with van der Waals surface area (Å²) in [6.45, 7) is 11.6. The summed E-state index contributed by atoms with van der Waals surface area (Å²) in [5.74, 6) is 0. The van der Waals surface area contributed by atoms with Crippen molar-refractivity contribution in [2.24, 2.45) is 7.05 Å².